The lowest BCUT2D eigenvalue weighted by atomic mass is 10.1. The van der Waals surface area contributed by atoms with Gasteiger partial charge in [0, 0.05) is 11.6 Å². The topological polar surface area (TPSA) is 46.2 Å². The molecule has 0 aliphatic heterocycles. The number of aryl methyl sites for hydroxylation is 1. The summed E-state index contributed by atoms with van der Waals surface area (Å²) in [6.07, 6.45) is 1.16. The van der Waals surface area contributed by atoms with Crippen molar-refractivity contribution in [3.8, 4) is 0 Å². The van der Waals surface area contributed by atoms with Crippen molar-refractivity contribution in [3.63, 3.8) is 0 Å². The third kappa shape index (κ3) is 3.77. The van der Waals surface area contributed by atoms with E-state index in [1.54, 1.807) is 0 Å². The van der Waals surface area contributed by atoms with Gasteiger partial charge in [0.1, 0.15) is 0 Å². The molecule has 13 heavy (non-hydrogen) atoms. The molecule has 1 atom stereocenters. The van der Waals surface area contributed by atoms with Gasteiger partial charge in [0.2, 0.25) is 0 Å². The highest BCUT2D eigenvalue weighted by molar-refractivity contribution is 6.30. The van der Waals surface area contributed by atoms with Crippen molar-refractivity contribution >= 4 is 11.6 Å². The van der Waals surface area contributed by atoms with Gasteiger partial charge < -0.3 is 10.8 Å². The Balaban J connectivity index is 2.41. The van der Waals surface area contributed by atoms with Crippen LogP contribution in [0.1, 0.15) is 12.0 Å². The van der Waals surface area contributed by atoms with Crippen molar-refractivity contribution in [3.05, 3.63) is 34.9 Å². The fourth-order valence-electron chi connectivity index (χ4n) is 1.10. The smallest absolute Gasteiger partial charge is 0.0665 e. The lowest BCUT2D eigenvalue weighted by Gasteiger charge is -2.06. The minimum Gasteiger partial charge on any atom is -0.392 e. The first kappa shape index (κ1) is 10.5. The Morgan fingerprint density at radius 1 is 1.31 bits per heavy atom. The molecule has 0 fully saturated rings. The van der Waals surface area contributed by atoms with Gasteiger partial charge >= 0.3 is 0 Å². The number of aliphatic hydroxyl groups excluding tert-OH is 1. The van der Waals surface area contributed by atoms with Crippen molar-refractivity contribution in [1.29, 1.82) is 0 Å². The van der Waals surface area contributed by atoms with E-state index < -0.39 is 6.10 Å². The summed E-state index contributed by atoms with van der Waals surface area (Å²) in [7, 11) is 0. The van der Waals surface area contributed by atoms with E-state index in [2.05, 4.69) is 0 Å². The van der Waals surface area contributed by atoms with Crippen LogP contribution in [-0.4, -0.2) is 17.8 Å². The first-order valence-electron chi connectivity index (χ1n) is 4.35. The SMILES string of the molecule is NCC(O)CCc1ccc(Cl)cc1. The fraction of sp³-hybridized carbons (Fsp3) is 0.400. The number of rotatable bonds is 4. The van der Waals surface area contributed by atoms with Crippen LogP contribution in [-0.2, 0) is 6.42 Å². The standard InChI is InChI=1S/C10H14ClNO/c11-9-4-1-8(2-5-9)3-6-10(13)7-12/h1-2,4-5,10,13H,3,6-7,12H2. The lowest BCUT2D eigenvalue weighted by molar-refractivity contribution is 0.173. The third-order valence-electron chi connectivity index (χ3n) is 1.95. The first-order chi connectivity index (χ1) is 6.22. The minimum atomic E-state index is -0.393. The van der Waals surface area contributed by atoms with E-state index in [4.69, 9.17) is 17.3 Å². The summed E-state index contributed by atoms with van der Waals surface area (Å²) in [6, 6.07) is 7.63. The molecule has 0 bridgehead atoms. The second-order valence-electron chi connectivity index (χ2n) is 3.05. The average Bonchev–Trinajstić information content (AvgIpc) is 2.16. The lowest BCUT2D eigenvalue weighted by Crippen LogP contribution is -2.20. The molecule has 1 unspecified atom stereocenters. The van der Waals surface area contributed by atoms with Crippen molar-refractivity contribution in [2.45, 2.75) is 18.9 Å². The van der Waals surface area contributed by atoms with Crippen LogP contribution in [0.5, 0.6) is 0 Å². The molecule has 0 saturated carbocycles. The van der Waals surface area contributed by atoms with Crippen molar-refractivity contribution < 1.29 is 5.11 Å². The number of hydrogen-bond donors (Lipinski definition) is 2. The predicted molar refractivity (Wildman–Crippen MR) is 54.8 cm³/mol. The molecular formula is C10H14ClNO. The Morgan fingerprint density at radius 2 is 1.92 bits per heavy atom. The molecule has 0 amide bonds. The number of nitrogens with two attached hydrogens (primary N) is 1. The first-order valence-corrected chi connectivity index (χ1v) is 4.72. The second-order valence-corrected chi connectivity index (χ2v) is 3.49. The molecule has 1 rings (SSSR count). The quantitative estimate of drug-likeness (QED) is 0.774. The maximum atomic E-state index is 9.22. The number of aliphatic hydroxyl groups is 1. The van der Waals surface area contributed by atoms with E-state index >= 15 is 0 Å². The Hall–Kier alpha value is -0.570. The van der Waals surface area contributed by atoms with Gasteiger partial charge in [-0.15, -0.1) is 0 Å². The molecule has 0 heterocycles. The highest BCUT2D eigenvalue weighted by Gasteiger charge is 2.01. The minimum absolute atomic E-state index is 0.327. The van der Waals surface area contributed by atoms with Crippen LogP contribution in [0.25, 0.3) is 0 Å². The molecule has 0 saturated heterocycles. The third-order valence-corrected chi connectivity index (χ3v) is 2.20. The van der Waals surface area contributed by atoms with Crippen LogP contribution in [0.2, 0.25) is 5.02 Å². The molecule has 2 nitrogen and oxygen atoms in total. The van der Waals surface area contributed by atoms with Crippen LogP contribution in [0, 0.1) is 0 Å². The zero-order chi connectivity index (χ0) is 9.68. The molecule has 1 aromatic rings. The maximum Gasteiger partial charge on any atom is 0.0665 e. The normalized spacial score (nSPS) is 12.8. The maximum absolute atomic E-state index is 9.22. The molecule has 0 aliphatic carbocycles. The van der Waals surface area contributed by atoms with Crippen LogP contribution >= 0.6 is 11.6 Å². The van der Waals surface area contributed by atoms with Gasteiger partial charge in [-0.25, -0.2) is 0 Å². The predicted octanol–water partition coefficient (Wildman–Crippen LogP) is 1.59. The van der Waals surface area contributed by atoms with Gasteiger partial charge in [-0.3, -0.25) is 0 Å². The highest BCUT2D eigenvalue weighted by Crippen LogP contribution is 2.11. The summed E-state index contributed by atoms with van der Waals surface area (Å²) < 4.78 is 0. The molecule has 0 aromatic heterocycles. The monoisotopic (exact) mass is 199 g/mol. The molecular weight excluding hydrogens is 186 g/mol. The van der Waals surface area contributed by atoms with Gasteiger partial charge in [0.25, 0.3) is 0 Å². The second kappa shape index (κ2) is 5.22. The summed E-state index contributed by atoms with van der Waals surface area (Å²) in [4.78, 5) is 0. The van der Waals surface area contributed by atoms with Gasteiger partial charge in [0.15, 0.2) is 0 Å². The molecule has 1 aromatic carbocycles. The molecule has 3 N–H and O–H groups in total. The molecule has 3 heteroatoms. The highest BCUT2D eigenvalue weighted by atomic mass is 35.5. The van der Waals surface area contributed by atoms with Crippen LogP contribution < -0.4 is 5.73 Å². The van der Waals surface area contributed by atoms with Crippen LogP contribution in [0.3, 0.4) is 0 Å². The fourth-order valence-corrected chi connectivity index (χ4v) is 1.23. The molecule has 72 valence electrons. The summed E-state index contributed by atoms with van der Waals surface area (Å²) >= 11 is 5.73. The summed E-state index contributed by atoms with van der Waals surface area (Å²) in [5, 5.41) is 9.96. The van der Waals surface area contributed by atoms with Gasteiger partial charge in [0.05, 0.1) is 6.10 Å². The van der Waals surface area contributed by atoms with Crippen molar-refractivity contribution in [2.75, 3.05) is 6.54 Å². The summed E-state index contributed by atoms with van der Waals surface area (Å²) in [6.45, 7) is 0.327. The number of hydrogen-bond acceptors (Lipinski definition) is 2. The van der Waals surface area contributed by atoms with Gasteiger partial charge in [-0.1, -0.05) is 23.7 Å². The van der Waals surface area contributed by atoms with E-state index in [-0.39, 0.29) is 0 Å². The number of halogens is 1. The Morgan fingerprint density at radius 3 is 2.46 bits per heavy atom. The van der Waals surface area contributed by atoms with Crippen LogP contribution in [0.4, 0.5) is 0 Å². The van der Waals surface area contributed by atoms with Crippen molar-refractivity contribution in [2.24, 2.45) is 5.73 Å². The zero-order valence-corrected chi connectivity index (χ0v) is 8.17. The number of benzene rings is 1. The summed E-state index contributed by atoms with van der Waals surface area (Å²) in [5.41, 5.74) is 6.47. The zero-order valence-electron chi connectivity index (χ0n) is 7.41. The van der Waals surface area contributed by atoms with Gasteiger partial charge in [-0.05, 0) is 30.5 Å². The van der Waals surface area contributed by atoms with E-state index in [1.165, 1.54) is 5.56 Å². The molecule has 0 radical (unpaired) electrons. The van der Waals surface area contributed by atoms with E-state index in [0.29, 0.717) is 13.0 Å². The largest absolute Gasteiger partial charge is 0.392 e. The van der Waals surface area contributed by atoms with E-state index in [9.17, 15) is 5.11 Å². The molecule has 0 spiro atoms. The van der Waals surface area contributed by atoms with E-state index in [1.807, 2.05) is 24.3 Å². The van der Waals surface area contributed by atoms with Crippen LogP contribution in [0.15, 0.2) is 24.3 Å². The summed E-state index contributed by atoms with van der Waals surface area (Å²) in [5.74, 6) is 0. The van der Waals surface area contributed by atoms with E-state index in [0.717, 1.165) is 11.4 Å². The average molecular weight is 200 g/mol. The Labute approximate surface area is 83.3 Å². The van der Waals surface area contributed by atoms with Crippen molar-refractivity contribution in [1.82, 2.24) is 0 Å². The Kier molecular flexibility index (Phi) is 4.22. The molecule has 0 aliphatic rings. The Bertz CT molecular complexity index is 248. The van der Waals surface area contributed by atoms with Gasteiger partial charge in [-0.2, -0.15) is 0 Å².